The molecule has 104 valence electrons. The van der Waals surface area contributed by atoms with Gasteiger partial charge in [-0.3, -0.25) is 9.59 Å². The monoisotopic (exact) mass is 268 g/mol. The maximum Gasteiger partial charge on any atom is 0.406 e. The normalized spacial score (nSPS) is 20.4. The summed E-state index contributed by atoms with van der Waals surface area (Å²) in [4.78, 5) is 24.9. The first-order valence-corrected chi connectivity index (χ1v) is 5.45. The molecule has 0 spiro atoms. The van der Waals surface area contributed by atoms with Crippen LogP contribution < -0.4 is 0 Å². The van der Waals surface area contributed by atoms with Crippen LogP contribution in [0, 0.1) is 5.92 Å². The van der Waals surface area contributed by atoms with Crippen LogP contribution >= 0.6 is 0 Å². The van der Waals surface area contributed by atoms with Gasteiger partial charge in [-0.15, -0.1) is 0 Å². The van der Waals surface area contributed by atoms with Crippen LogP contribution in [0.1, 0.15) is 6.42 Å². The number of hydrogen-bond donors (Lipinski definition) is 1. The summed E-state index contributed by atoms with van der Waals surface area (Å²) < 4.78 is 36.8. The molecule has 0 radical (unpaired) electrons. The maximum atomic E-state index is 12.3. The molecule has 0 bridgehead atoms. The zero-order valence-corrected chi connectivity index (χ0v) is 9.90. The van der Waals surface area contributed by atoms with E-state index < -0.39 is 31.2 Å². The van der Waals surface area contributed by atoms with Crippen LogP contribution in [0.4, 0.5) is 13.2 Å². The van der Waals surface area contributed by atoms with Crippen molar-refractivity contribution < 1.29 is 27.9 Å². The first kappa shape index (κ1) is 14.7. The quantitative estimate of drug-likeness (QED) is 0.771. The number of likely N-dealkylation sites (tertiary alicyclic amines) is 1. The predicted molar refractivity (Wildman–Crippen MR) is 55.5 cm³/mol. The molecule has 18 heavy (non-hydrogen) atoms. The van der Waals surface area contributed by atoms with Crippen LogP contribution in [0.2, 0.25) is 0 Å². The summed E-state index contributed by atoms with van der Waals surface area (Å²) in [6, 6.07) is 0. The lowest BCUT2D eigenvalue weighted by Gasteiger charge is -2.25. The van der Waals surface area contributed by atoms with Crippen molar-refractivity contribution in [1.82, 2.24) is 9.80 Å². The highest BCUT2D eigenvalue weighted by molar-refractivity contribution is 5.89. The van der Waals surface area contributed by atoms with Crippen LogP contribution in [-0.4, -0.2) is 66.2 Å². The number of halogens is 3. The van der Waals surface area contributed by atoms with E-state index in [1.807, 2.05) is 0 Å². The fourth-order valence-electron chi connectivity index (χ4n) is 1.89. The molecule has 1 N–H and O–H groups in total. The minimum absolute atomic E-state index is 0.0743. The number of rotatable bonds is 4. The van der Waals surface area contributed by atoms with Crippen molar-refractivity contribution in [3.8, 4) is 0 Å². The second-order valence-corrected chi connectivity index (χ2v) is 4.27. The molecule has 1 aliphatic rings. The van der Waals surface area contributed by atoms with Gasteiger partial charge < -0.3 is 14.9 Å². The number of alkyl halides is 3. The van der Waals surface area contributed by atoms with Gasteiger partial charge in [0.1, 0.15) is 6.54 Å². The summed E-state index contributed by atoms with van der Waals surface area (Å²) in [7, 11) is 1.50. The predicted octanol–water partition coefficient (Wildman–Crippen LogP) is -0.152. The molecule has 0 aromatic heterocycles. The van der Waals surface area contributed by atoms with E-state index in [9.17, 15) is 22.8 Å². The smallest absolute Gasteiger partial charge is 0.395 e. The van der Waals surface area contributed by atoms with E-state index in [4.69, 9.17) is 5.11 Å². The summed E-state index contributed by atoms with van der Waals surface area (Å²) in [6.45, 7) is -2.21. The summed E-state index contributed by atoms with van der Waals surface area (Å²) in [5.74, 6) is -1.75. The minimum atomic E-state index is -4.51. The summed E-state index contributed by atoms with van der Waals surface area (Å²) in [5.41, 5.74) is 0. The molecule has 8 heteroatoms. The molecule has 0 aromatic rings. The van der Waals surface area contributed by atoms with Crippen LogP contribution in [0.25, 0.3) is 0 Å². The zero-order chi connectivity index (χ0) is 13.9. The standard InChI is InChI=1S/C10H15F3N2O3/c1-14-5-7(4-8(14)17)9(18)15(2-3-16)6-10(11,12)13/h7,16H,2-6H2,1H3. The number of carbonyl (C=O) groups is 2. The Hall–Kier alpha value is -1.31. The average Bonchev–Trinajstić information content (AvgIpc) is 2.56. The summed E-state index contributed by atoms with van der Waals surface area (Å²) >= 11 is 0. The maximum absolute atomic E-state index is 12.3. The number of hydrogen-bond acceptors (Lipinski definition) is 3. The molecule has 1 atom stereocenters. The van der Waals surface area contributed by atoms with E-state index in [-0.39, 0.29) is 25.4 Å². The molecule has 2 amide bonds. The number of amides is 2. The van der Waals surface area contributed by atoms with Gasteiger partial charge in [-0.25, -0.2) is 0 Å². The first-order chi connectivity index (χ1) is 8.24. The van der Waals surface area contributed by atoms with Gasteiger partial charge in [0.15, 0.2) is 0 Å². The van der Waals surface area contributed by atoms with Crippen molar-refractivity contribution in [2.24, 2.45) is 5.92 Å². The van der Waals surface area contributed by atoms with Crippen molar-refractivity contribution in [3.63, 3.8) is 0 Å². The number of aliphatic hydroxyl groups is 1. The van der Waals surface area contributed by atoms with Crippen molar-refractivity contribution in [1.29, 1.82) is 0 Å². The Balaban J connectivity index is 2.68. The van der Waals surface area contributed by atoms with Gasteiger partial charge in [0.05, 0.1) is 12.5 Å². The highest BCUT2D eigenvalue weighted by atomic mass is 19.4. The van der Waals surface area contributed by atoms with Crippen molar-refractivity contribution in [2.75, 3.05) is 33.3 Å². The van der Waals surface area contributed by atoms with E-state index in [1.165, 1.54) is 11.9 Å². The van der Waals surface area contributed by atoms with Crippen molar-refractivity contribution in [2.45, 2.75) is 12.6 Å². The molecule has 1 aliphatic heterocycles. The SMILES string of the molecule is CN1CC(C(=O)N(CCO)CC(F)(F)F)CC1=O. The van der Waals surface area contributed by atoms with Gasteiger partial charge >= 0.3 is 6.18 Å². The van der Waals surface area contributed by atoms with Crippen LogP contribution in [0.5, 0.6) is 0 Å². The molecule has 1 fully saturated rings. The third kappa shape index (κ3) is 3.86. The van der Waals surface area contributed by atoms with E-state index >= 15 is 0 Å². The molecular formula is C10H15F3N2O3. The average molecular weight is 268 g/mol. The van der Waals surface area contributed by atoms with E-state index in [1.54, 1.807) is 0 Å². The first-order valence-electron chi connectivity index (χ1n) is 5.45. The lowest BCUT2D eigenvalue weighted by atomic mass is 10.1. The van der Waals surface area contributed by atoms with E-state index in [0.29, 0.717) is 4.90 Å². The van der Waals surface area contributed by atoms with Crippen LogP contribution in [-0.2, 0) is 9.59 Å². The Bertz CT molecular complexity index is 333. The van der Waals surface area contributed by atoms with Gasteiger partial charge in [0, 0.05) is 26.6 Å². The van der Waals surface area contributed by atoms with Crippen LogP contribution in [0.15, 0.2) is 0 Å². The Morgan fingerprint density at radius 1 is 1.56 bits per heavy atom. The minimum Gasteiger partial charge on any atom is -0.395 e. The summed E-state index contributed by atoms with van der Waals surface area (Å²) in [6.07, 6.45) is -4.59. The van der Waals surface area contributed by atoms with Gasteiger partial charge in [0.2, 0.25) is 11.8 Å². The Morgan fingerprint density at radius 2 is 2.17 bits per heavy atom. The van der Waals surface area contributed by atoms with Gasteiger partial charge in [-0.05, 0) is 0 Å². The molecule has 1 heterocycles. The largest absolute Gasteiger partial charge is 0.406 e. The Labute approximate surface area is 102 Å². The second kappa shape index (κ2) is 5.55. The molecule has 0 saturated carbocycles. The second-order valence-electron chi connectivity index (χ2n) is 4.27. The Morgan fingerprint density at radius 3 is 2.56 bits per heavy atom. The topological polar surface area (TPSA) is 60.9 Å². The highest BCUT2D eigenvalue weighted by Crippen LogP contribution is 2.22. The Kier molecular flexibility index (Phi) is 4.55. The zero-order valence-electron chi connectivity index (χ0n) is 9.90. The van der Waals surface area contributed by atoms with Gasteiger partial charge in [-0.2, -0.15) is 13.2 Å². The van der Waals surface area contributed by atoms with Crippen LogP contribution in [0.3, 0.4) is 0 Å². The molecule has 0 aromatic carbocycles. The molecule has 1 rings (SSSR count). The van der Waals surface area contributed by atoms with Crippen molar-refractivity contribution >= 4 is 11.8 Å². The fourth-order valence-corrected chi connectivity index (χ4v) is 1.89. The third-order valence-corrected chi connectivity index (χ3v) is 2.74. The molecule has 5 nitrogen and oxygen atoms in total. The number of aliphatic hydroxyl groups excluding tert-OH is 1. The number of nitrogens with zero attached hydrogens (tertiary/aromatic N) is 2. The lowest BCUT2D eigenvalue weighted by Crippen LogP contribution is -2.44. The van der Waals surface area contributed by atoms with E-state index in [0.717, 1.165) is 0 Å². The van der Waals surface area contributed by atoms with Gasteiger partial charge in [0.25, 0.3) is 0 Å². The van der Waals surface area contributed by atoms with E-state index in [2.05, 4.69) is 0 Å². The highest BCUT2D eigenvalue weighted by Gasteiger charge is 2.38. The summed E-state index contributed by atoms with van der Waals surface area (Å²) in [5, 5.41) is 8.69. The lowest BCUT2D eigenvalue weighted by molar-refractivity contribution is -0.164. The third-order valence-electron chi connectivity index (χ3n) is 2.74. The molecule has 1 saturated heterocycles. The van der Waals surface area contributed by atoms with Crippen molar-refractivity contribution in [3.05, 3.63) is 0 Å². The molecular weight excluding hydrogens is 253 g/mol. The fraction of sp³-hybridized carbons (Fsp3) is 0.800. The number of carbonyl (C=O) groups excluding carboxylic acids is 2. The van der Waals surface area contributed by atoms with Gasteiger partial charge in [-0.1, -0.05) is 0 Å². The molecule has 0 aliphatic carbocycles. The molecule has 1 unspecified atom stereocenters.